The Labute approximate surface area is 166 Å². The highest BCUT2D eigenvalue weighted by Crippen LogP contribution is 2.27. The van der Waals surface area contributed by atoms with Gasteiger partial charge in [0.15, 0.2) is 5.12 Å². The third kappa shape index (κ3) is 4.78. The molecule has 27 heavy (non-hydrogen) atoms. The molecular formula is C18H16ClN3O3S2. The van der Waals surface area contributed by atoms with Crippen molar-refractivity contribution in [3.63, 3.8) is 0 Å². The Kier molecular flexibility index (Phi) is 5.71. The van der Waals surface area contributed by atoms with Crippen molar-refractivity contribution in [2.45, 2.75) is 17.6 Å². The summed E-state index contributed by atoms with van der Waals surface area (Å²) < 4.78 is 24.6. The lowest BCUT2D eigenvalue weighted by molar-refractivity contribution is -0.109. The maximum Gasteiger partial charge on any atom is 0.238 e. The van der Waals surface area contributed by atoms with E-state index >= 15 is 0 Å². The summed E-state index contributed by atoms with van der Waals surface area (Å²) in [5.74, 6) is 0.443. The van der Waals surface area contributed by atoms with Crippen molar-refractivity contribution < 1.29 is 13.2 Å². The number of rotatable bonds is 5. The fourth-order valence-electron chi connectivity index (χ4n) is 2.48. The Morgan fingerprint density at radius 3 is 2.33 bits per heavy atom. The number of halogens is 1. The number of benzene rings is 2. The predicted octanol–water partition coefficient (Wildman–Crippen LogP) is 3.62. The fourth-order valence-corrected chi connectivity index (χ4v) is 3.61. The second kappa shape index (κ2) is 7.85. The average molecular weight is 422 g/mol. The van der Waals surface area contributed by atoms with Gasteiger partial charge in [0.1, 0.15) is 0 Å². The van der Waals surface area contributed by atoms with Crippen LogP contribution in [0.3, 0.4) is 0 Å². The molecule has 0 aliphatic carbocycles. The lowest BCUT2D eigenvalue weighted by Gasteiger charge is -2.08. The van der Waals surface area contributed by atoms with Crippen LogP contribution in [0.15, 0.2) is 59.5 Å². The summed E-state index contributed by atoms with van der Waals surface area (Å²) in [6.07, 6.45) is 0. The van der Waals surface area contributed by atoms with Crippen molar-refractivity contribution in [1.29, 1.82) is 0 Å². The zero-order chi connectivity index (χ0) is 19.6. The lowest BCUT2D eigenvalue weighted by atomic mass is 10.1. The lowest BCUT2D eigenvalue weighted by Crippen LogP contribution is -2.12. The number of aromatic nitrogens is 2. The number of hydrogen-bond donors (Lipinski definition) is 1. The van der Waals surface area contributed by atoms with Crippen molar-refractivity contribution in [2.75, 3.05) is 0 Å². The minimum absolute atomic E-state index is 0.00935. The van der Waals surface area contributed by atoms with Gasteiger partial charge < -0.3 is 0 Å². The van der Waals surface area contributed by atoms with Gasteiger partial charge in [-0.25, -0.2) is 18.2 Å². The first-order chi connectivity index (χ1) is 12.7. The minimum atomic E-state index is -3.77. The maximum absolute atomic E-state index is 11.5. The van der Waals surface area contributed by atoms with Gasteiger partial charge in [0.05, 0.1) is 22.0 Å². The van der Waals surface area contributed by atoms with Gasteiger partial charge in [0.25, 0.3) is 0 Å². The van der Waals surface area contributed by atoms with Crippen LogP contribution < -0.4 is 5.14 Å². The number of thioether (sulfide) groups is 1. The molecule has 9 heteroatoms. The number of nitrogens with zero attached hydrogens (tertiary/aromatic N) is 2. The van der Waals surface area contributed by atoms with E-state index < -0.39 is 10.0 Å². The van der Waals surface area contributed by atoms with E-state index in [1.54, 1.807) is 28.9 Å². The van der Waals surface area contributed by atoms with Crippen LogP contribution in [0.2, 0.25) is 5.02 Å². The highest BCUT2D eigenvalue weighted by molar-refractivity contribution is 8.12. The molecule has 0 fully saturated rings. The second-order valence-electron chi connectivity index (χ2n) is 5.76. The first-order valence-electron chi connectivity index (χ1n) is 7.85. The summed E-state index contributed by atoms with van der Waals surface area (Å²) >= 11 is 7.15. The van der Waals surface area contributed by atoms with Gasteiger partial charge in [-0.1, -0.05) is 35.5 Å². The molecular weight excluding hydrogens is 406 g/mol. The van der Waals surface area contributed by atoms with Gasteiger partial charge in [-0.05, 0) is 42.5 Å². The zero-order valence-electron chi connectivity index (χ0n) is 14.3. The van der Waals surface area contributed by atoms with E-state index in [-0.39, 0.29) is 10.0 Å². The van der Waals surface area contributed by atoms with Crippen molar-refractivity contribution in [2.24, 2.45) is 5.14 Å². The van der Waals surface area contributed by atoms with Crippen LogP contribution in [0.5, 0.6) is 0 Å². The quantitative estimate of drug-likeness (QED) is 0.678. The van der Waals surface area contributed by atoms with Crippen LogP contribution in [-0.4, -0.2) is 23.3 Å². The van der Waals surface area contributed by atoms with Crippen LogP contribution in [-0.2, 0) is 20.6 Å². The van der Waals surface area contributed by atoms with Crippen molar-refractivity contribution in [1.82, 2.24) is 9.78 Å². The Morgan fingerprint density at radius 1 is 1.15 bits per heavy atom. The van der Waals surface area contributed by atoms with Crippen LogP contribution >= 0.6 is 23.4 Å². The molecule has 3 rings (SSSR count). The summed E-state index contributed by atoms with van der Waals surface area (Å²) in [5.41, 5.74) is 3.10. The number of hydrogen-bond acceptors (Lipinski definition) is 5. The number of primary sulfonamides is 1. The predicted molar refractivity (Wildman–Crippen MR) is 107 cm³/mol. The molecule has 0 aliphatic heterocycles. The molecule has 0 bridgehead atoms. The summed E-state index contributed by atoms with van der Waals surface area (Å²) in [6.45, 7) is 1.51. The number of nitrogens with two attached hydrogens (primary N) is 1. The van der Waals surface area contributed by atoms with Gasteiger partial charge in [-0.15, -0.1) is 0 Å². The largest absolute Gasteiger partial charge is 0.288 e. The van der Waals surface area contributed by atoms with Gasteiger partial charge >= 0.3 is 0 Å². The molecule has 2 N–H and O–H groups in total. The molecule has 1 aromatic heterocycles. The van der Waals surface area contributed by atoms with E-state index in [1.165, 1.54) is 30.8 Å². The molecule has 0 saturated carbocycles. The minimum Gasteiger partial charge on any atom is -0.288 e. The van der Waals surface area contributed by atoms with Crippen LogP contribution in [0, 0.1) is 0 Å². The van der Waals surface area contributed by atoms with Gasteiger partial charge in [0, 0.05) is 23.3 Å². The van der Waals surface area contributed by atoms with Crippen LogP contribution in [0.4, 0.5) is 0 Å². The number of sulfonamides is 1. The van der Waals surface area contributed by atoms with Gasteiger partial charge in [-0.3, -0.25) is 4.79 Å². The second-order valence-corrected chi connectivity index (χ2v) is 8.91. The molecule has 0 amide bonds. The first-order valence-corrected chi connectivity index (χ1v) is 10.8. The third-order valence-corrected chi connectivity index (χ3v) is 5.76. The highest BCUT2D eigenvalue weighted by atomic mass is 35.5. The molecule has 3 aromatic rings. The van der Waals surface area contributed by atoms with Gasteiger partial charge in [0.2, 0.25) is 10.0 Å². The van der Waals surface area contributed by atoms with E-state index in [9.17, 15) is 13.2 Å². The SMILES string of the molecule is CC(=O)SCc1cc(-c2ccc(Cl)cc2)n(-c2ccc(S(N)(=O)=O)cc2)n1. The fraction of sp³-hybridized carbons (Fsp3) is 0.111. The molecule has 0 aliphatic rings. The van der Waals surface area contributed by atoms with E-state index in [4.69, 9.17) is 16.7 Å². The molecule has 0 unspecified atom stereocenters. The summed E-state index contributed by atoms with van der Waals surface area (Å²) in [6, 6.07) is 15.3. The number of carbonyl (C=O) groups excluding carboxylic acids is 1. The molecule has 0 radical (unpaired) electrons. The molecule has 0 atom stereocenters. The molecule has 140 valence electrons. The van der Waals surface area contributed by atoms with Crippen molar-refractivity contribution in [3.8, 4) is 16.9 Å². The average Bonchev–Trinajstić information content (AvgIpc) is 3.04. The van der Waals surface area contributed by atoms with Crippen molar-refractivity contribution >= 4 is 38.5 Å². The van der Waals surface area contributed by atoms with Crippen LogP contribution in [0.25, 0.3) is 16.9 Å². The zero-order valence-corrected chi connectivity index (χ0v) is 16.7. The summed E-state index contributed by atoms with van der Waals surface area (Å²) in [5, 5.41) is 10.4. The Morgan fingerprint density at radius 2 is 1.78 bits per heavy atom. The van der Waals surface area contributed by atoms with Crippen LogP contribution in [0.1, 0.15) is 12.6 Å². The summed E-state index contributed by atoms with van der Waals surface area (Å²) in [7, 11) is -3.77. The normalized spacial score (nSPS) is 11.5. The molecule has 1 heterocycles. The monoisotopic (exact) mass is 421 g/mol. The smallest absolute Gasteiger partial charge is 0.238 e. The molecule has 6 nitrogen and oxygen atoms in total. The molecule has 0 spiro atoms. The molecule has 2 aromatic carbocycles. The standard InChI is InChI=1S/C18H16ClN3O3S2/c1-12(23)26-11-15-10-18(13-2-4-14(19)5-3-13)22(21-15)16-6-8-17(9-7-16)27(20,24)25/h2-10H,11H2,1H3,(H2,20,24,25). The maximum atomic E-state index is 11.5. The summed E-state index contributed by atoms with van der Waals surface area (Å²) in [4.78, 5) is 11.3. The Bertz CT molecular complexity index is 1080. The number of carbonyl (C=O) groups is 1. The van der Waals surface area contributed by atoms with E-state index in [2.05, 4.69) is 5.10 Å². The van der Waals surface area contributed by atoms with Crippen molar-refractivity contribution in [3.05, 3.63) is 65.3 Å². The first kappa shape index (κ1) is 19.6. The topological polar surface area (TPSA) is 95.0 Å². The Balaban J connectivity index is 2.06. The third-order valence-electron chi connectivity index (χ3n) is 3.73. The van der Waals surface area contributed by atoms with E-state index in [0.29, 0.717) is 16.5 Å². The molecule has 0 saturated heterocycles. The van der Waals surface area contributed by atoms with E-state index in [0.717, 1.165) is 17.0 Å². The van der Waals surface area contributed by atoms with Gasteiger partial charge in [-0.2, -0.15) is 5.10 Å². The highest BCUT2D eigenvalue weighted by Gasteiger charge is 2.14. The Hall–Kier alpha value is -2.13. The van der Waals surface area contributed by atoms with E-state index in [1.807, 2.05) is 18.2 Å².